The molecule has 1 aromatic carbocycles. The van der Waals surface area contributed by atoms with Crippen molar-refractivity contribution in [3.63, 3.8) is 0 Å². The van der Waals surface area contributed by atoms with Crippen LogP contribution < -0.4 is 5.32 Å². The normalized spacial score (nSPS) is 10.7. The van der Waals surface area contributed by atoms with Crippen LogP contribution in [-0.4, -0.2) is 30.9 Å². The summed E-state index contributed by atoms with van der Waals surface area (Å²) in [5.41, 5.74) is 1.52. The summed E-state index contributed by atoms with van der Waals surface area (Å²) in [4.78, 5) is 16.3. The molecule has 0 saturated carbocycles. The maximum atomic E-state index is 12.2. The summed E-state index contributed by atoms with van der Waals surface area (Å²) < 4.78 is 1.53. The molecule has 3 rings (SSSR count). The smallest absolute Gasteiger partial charge is 0.296 e. The van der Waals surface area contributed by atoms with Gasteiger partial charge >= 0.3 is 0 Å². The minimum absolute atomic E-state index is 0.0538. The summed E-state index contributed by atoms with van der Waals surface area (Å²) in [5, 5.41) is 14.1. The standard InChI is InChI=1S/C14H13ClN6O/c1-8-7-12(19-18-8)17-14(22)13-16-9(2)21(20-13)11-6-4-3-5-10(11)15/h3-7H,1-2H3,(H2,17,18,19,22). The lowest BCUT2D eigenvalue weighted by Crippen LogP contribution is -2.14. The van der Waals surface area contributed by atoms with Gasteiger partial charge in [-0.05, 0) is 26.0 Å². The lowest BCUT2D eigenvalue weighted by molar-refractivity contribution is 0.101. The van der Waals surface area contributed by atoms with Crippen LogP contribution in [0.2, 0.25) is 5.02 Å². The van der Waals surface area contributed by atoms with Crippen LogP contribution in [0.3, 0.4) is 0 Å². The topological polar surface area (TPSA) is 88.5 Å². The Kier molecular flexibility index (Phi) is 3.64. The molecule has 7 nitrogen and oxygen atoms in total. The zero-order valence-corrected chi connectivity index (χ0v) is 12.7. The number of rotatable bonds is 3. The van der Waals surface area contributed by atoms with Crippen molar-refractivity contribution in [3.05, 3.63) is 52.7 Å². The Hall–Kier alpha value is -2.67. The van der Waals surface area contributed by atoms with Crippen LogP contribution in [0.5, 0.6) is 0 Å². The number of H-pyrrole nitrogens is 1. The van der Waals surface area contributed by atoms with Crippen LogP contribution in [0.15, 0.2) is 30.3 Å². The Morgan fingerprint density at radius 3 is 2.77 bits per heavy atom. The molecule has 8 heteroatoms. The van der Waals surface area contributed by atoms with E-state index in [1.807, 2.05) is 25.1 Å². The molecule has 3 aromatic rings. The van der Waals surface area contributed by atoms with Crippen molar-refractivity contribution >= 4 is 23.3 Å². The van der Waals surface area contributed by atoms with Crippen LogP contribution in [0.4, 0.5) is 5.82 Å². The summed E-state index contributed by atoms with van der Waals surface area (Å²) >= 11 is 6.15. The Morgan fingerprint density at radius 2 is 2.09 bits per heavy atom. The number of nitrogens with one attached hydrogen (secondary N) is 2. The van der Waals surface area contributed by atoms with E-state index in [1.54, 1.807) is 19.1 Å². The molecule has 0 spiro atoms. The quantitative estimate of drug-likeness (QED) is 0.777. The summed E-state index contributed by atoms with van der Waals surface area (Å²) in [6.07, 6.45) is 0. The molecule has 0 aliphatic rings. The van der Waals surface area contributed by atoms with Gasteiger partial charge in [0.2, 0.25) is 5.82 Å². The number of halogens is 1. The Labute approximate surface area is 131 Å². The zero-order valence-electron chi connectivity index (χ0n) is 12.0. The number of hydrogen-bond acceptors (Lipinski definition) is 4. The van der Waals surface area contributed by atoms with Gasteiger partial charge in [-0.3, -0.25) is 9.89 Å². The van der Waals surface area contributed by atoms with Crippen molar-refractivity contribution in [2.45, 2.75) is 13.8 Å². The maximum Gasteiger partial charge on any atom is 0.296 e. The van der Waals surface area contributed by atoms with Gasteiger partial charge in [-0.2, -0.15) is 5.10 Å². The molecule has 2 N–H and O–H groups in total. The average Bonchev–Trinajstić information content (AvgIpc) is 3.06. The highest BCUT2D eigenvalue weighted by Gasteiger charge is 2.17. The number of anilines is 1. The third-order valence-corrected chi connectivity index (χ3v) is 3.32. The van der Waals surface area contributed by atoms with Crippen molar-refractivity contribution in [1.29, 1.82) is 0 Å². The van der Waals surface area contributed by atoms with Crippen molar-refractivity contribution in [2.75, 3.05) is 5.32 Å². The lowest BCUT2D eigenvalue weighted by atomic mass is 10.3. The summed E-state index contributed by atoms with van der Waals surface area (Å²) in [6.45, 7) is 3.60. The van der Waals surface area contributed by atoms with E-state index in [9.17, 15) is 4.79 Å². The fourth-order valence-corrected chi connectivity index (χ4v) is 2.21. The molecule has 0 saturated heterocycles. The minimum atomic E-state index is -0.430. The highest BCUT2D eigenvalue weighted by atomic mass is 35.5. The van der Waals surface area contributed by atoms with Gasteiger partial charge in [0.15, 0.2) is 5.82 Å². The Bertz CT molecular complexity index is 837. The number of aromatic amines is 1. The van der Waals surface area contributed by atoms with E-state index >= 15 is 0 Å². The first-order valence-electron chi connectivity index (χ1n) is 6.56. The number of amides is 1. The van der Waals surface area contributed by atoms with Gasteiger partial charge in [0.1, 0.15) is 5.82 Å². The molecule has 0 aliphatic heterocycles. The summed E-state index contributed by atoms with van der Waals surface area (Å²) in [5.74, 6) is 0.615. The predicted octanol–water partition coefficient (Wildman–Crippen LogP) is 2.51. The monoisotopic (exact) mass is 316 g/mol. The summed E-state index contributed by atoms with van der Waals surface area (Å²) in [6, 6.07) is 8.95. The molecule has 2 aromatic heterocycles. The van der Waals surface area contributed by atoms with Gasteiger partial charge in [-0.1, -0.05) is 23.7 Å². The van der Waals surface area contributed by atoms with Crippen LogP contribution >= 0.6 is 11.6 Å². The van der Waals surface area contributed by atoms with Gasteiger partial charge in [-0.15, -0.1) is 5.10 Å². The van der Waals surface area contributed by atoms with Crippen molar-refractivity contribution in [2.24, 2.45) is 0 Å². The van der Waals surface area contributed by atoms with E-state index in [-0.39, 0.29) is 5.82 Å². The van der Waals surface area contributed by atoms with Crippen molar-refractivity contribution < 1.29 is 4.79 Å². The van der Waals surface area contributed by atoms with E-state index in [0.29, 0.717) is 22.4 Å². The van der Waals surface area contributed by atoms with Gasteiger partial charge in [-0.25, -0.2) is 9.67 Å². The minimum Gasteiger partial charge on any atom is -0.302 e. The number of para-hydroxylation sites is 1. The molecule has 1 amide bonds. The first-order valence-corrected chi connectivity index (χ1v) is 6.94. The molecule has 0 aliphatic carbocycles. The van der Waals surface area contributed by atoms with Crippen LogP contribution in [-0.2, 0) is 0 Å². The van der Waals surface area contributed by atoms with Gasteiger partial charge < -0.3 is 5.32 Å². The first kappa shape index (κ1) is 14.3. The number of carbonyl (C=O) groups excluding carboxylic acids is 1. The summed E-state index contributed by atoms with van der Waals surface area (Å²) in [7, 11) is 0. The SMILES string of the molecule is Cc1cc(NC(=O)c2nc(C)n(-c3ccccc3Cl)n2)n[nH]1. The second-order valence-electron chi connectivity index (χ2n) is 4.74. The largest absolute Gasteiger partial charge is 0.302 e. The Morgan fingerprint density at radius 1 is 1.32 bits per heavy atom. The average molecular weight is 317 g/mol. The van der Waals surface area contributed by atoms with Gasteiger partial charge in [0, 0.05) is 11.8 Å². The fourth-order valence-electron chi connectivity index (χ4n) is 1.99. The van der Waals surface area contributed by atoms with E-state index in [1.165, 1.54) is 4.68 Å². The number of benzene rings is 1. The molecule has 0 atom stereocenters. The molecular formula is C14H13ClN6O. The van der Waals surface area contributed by atoms with E-state index < -0.39 is 5.91 Å². The number of aromatic nitrogens is 5. The molecule has 22 heavy (non-hydrogen) atoms. The molecule has 0 fully saturated rings. The van der Waals surface area contributed by atoms with E-state index in [4.69, 9.17) is 11.6 Å². The number of nitrogens with zero attached hydrogens (tertiary/aromatic N) is 4. The van der Waals surface area contributed by atoms with Crippen LogP contribution in [0.1, 0.15) is 22.1 Å². The third kappa shape index (κ3) is 2.71. The van der Waals surface area contributed by atoms with Gasteiger partial charge in [0.25, 0.3) is 5.91 Å². The second-order valence-corrected chi connectivity index (χ2v) is 5.14. The molecule has 0 unspecified atom stereocenters. The van der Waals surface area contributed by atoms with E-state index in [0.717, 1.165) is 5.69 Å². The molecular weight excluding hydrogens is 304 g/mol. The predicted molar refractivity (Wildman–Crippen MR) is 82.4 cm³/mol. The second kappa shape index (κ2) is 5.61. The molecule has 0 bridgehead atoms. The van der Waals surface area contributed by atoms with Gasteiger partial charge in [0.05, 0.1) is 10.7 Å². The lowest BCUT2D eigenvalue weighted by Gasteiger charge is -2.04. The highest BCUT2D eigenvalue weighted by Crippen LogP contribution is 2.20. The Balaban J connectivity index is 1.89. The number of carbonyl (C=O) groups is 1. The fraction of sp³-hybridized carbons (Fsp3) is 0.143. The van der Waals surface area contributed by atoms with Crippen LogP contribution in [0, 0.1) is 13.8 Å². The highest BCUT2D eigenvalue weighted by molar-refractivity contribution is 6.32. The van der Waals surface area contributed by atoms with Crippen molar-refractivity contribution in [1.82, 2.24) is 25.0 Å². The van der Waals surface area contributed by atoms with Crippen LogP contribution in [0.25, 0.3) is 5.69 Å². The molecule has 0 radical (unpaired) electrons. The third-order valence-electron chi connectivity index (χ3n) is 3.00. The molecule has 112 valence electrons. The van der Waals surface area contributed by atoms with E-state index in [2.05, 4.69) is 25.6 Å². The maximum absolute atomic E-state index is 12.2. The number of aryl methyl sites for hydroxylation is 2. The first-order chi connectivity index (χ1) is 10.5. The number of hydrogen-bond donors (Lipinski definition) is 2. The molecule has 2 heterocycles. The zero-order chi connectivity index (χ0) is 15.7. The van der Waals surface area contributed by atoms with Crippen molar-refractivity contribution in [3.8, 4) is 5.69 Å².